The minimum absolute atomic E-state index is 0.205. The van der Waals surface area contributed by atoms with Crippen molar-refractivity contribution in [3.8, 4) is 0 Å². The third-order valence-electron chi connectivity index (χ3n) is 1.46. The standard InChI is InChI=1S/C8H17O/c1-4-5-6-7-8(2)9-3/h8H,2,4-7H2,1,3H3. The van der Waals surface area contributed by atoms with Gasteiger partial charge in [0.1, 0.15) is 0 Å². The minimum atomic E-state index is 0.205. The van der Waals surface area contributed by atoms with E-state index in [1.165, 1.54) is 19.3 Å². The fourth-order valence-corrected chi connectivity index (χ4v) is 0.740. The molecule has 0 rings (SSSR count). The summed E-state index contributed by atoms with van der Waals surface area (Å²) in [6.45, 7) is 6.01. The summed E-state index contributed by atoms with van der Waals surface area (Å²) in [7, 11) is 1.71. The number of hydrogen-bond acceptors (Lipinski definition) is 1. The first kappa shape index (κ1) is 8.96. The van der Waals surface area contributed by atoms with Crippen LogP contribution in [0.3, 0.4) is 0 Å². The molecule has 1 heteroatoms. The summed E-state index contributed by atoms with van der Waals surface area (Å²) in [4.78, 5) is 0. The predicted molar refractivity (Wildman–Crippen MR) is 40.3 cm³/mol. The first-order chi connectivity index (χ1) is 4.31. The van der Waals surface area contributed by atoms with Gasteiger partial charge in [-0.05, 0) is 13.3 Å². The molecule has 0 fully saturated rings. The summed E-state index contributed by atoms with van der Waals surface area (Å²) < 4.78 is 4.99. The molecule has 0 aliphatic rings. The molecule has 1 atom stereocenters. The molecule has 0 saturated heterocycles. The van der Waals surface area contributed by atoms with Crippen molar-refractivity contribution in [2.24, 2.45) is 0 Å². The largest absolute Gasteiger partial charge is 0.381 e. The molecule has 0 amide bonds. The van der Waals surface area contributed by atoms with Crippen LogP contribution in [0.4, 0.5) is 0 Å². The summed E-state index contributed by atoms with van der Waals surface area (Å²) >= 11 is 0. The first-order valence-electron chi connectivity index (χ1n) is 3.67. The van der Waals surface area contributed by atoms with E-state index in [9.17, 15) is 0 Å². The Bertz CT molecular complexity index is 52.5. The molecular weight excluding hydrogens is 112 g/mol. The van der Waals surface area contributed by atoms with Crippen LogP contribution in [0.1, 0.15) is 32.6 Å². The van der Waals surface area contributed by atoms with Crippen LogP contribution < -0.4 is 0 Å². The Balaban J connectivity index is 2.88. The quantitative estimate of drug-likeness (QED) is 0.518. The van der Waals surface area contributed by atoms with Gasteiger partial charge in [0.25, 0.3) is 0 Å². The van der Waals surface area contributed by atoms with Crippen LogP contribution in [-0.2, 0) is 4.74 Å². The molecule has 0 spiro atoms. The molecule has 9 heavy (non-hydrogen) atoms. The maximum atomic E-state index is 4.99. The van der Waals surface area contributed by atoms with E-state index in [-0.39, 0.29) is 6.10 Å². The Kier molecular flexibility index (Phi) is 6.06. The lowest BCUT2D eigenvalue weighted by molar-refractivity contribution is 0.129. The number of ether oxygens (including phenoxy) is 1. The van der Waals surface area contributed by atoms with E-state index >= 15 is 0 Å². The molecule has 0 saturated carbocycles. The SMILES string of the molecule is [CH2]C(CCCCC)OC. The fourth-order valence-electron chi connectivity index (χ4n) is 0.740. The van der Waals surface area contributed by atoms with Gasteiger partial charge in [-0.1, -0.05) is 26.2 Å². The third-order valence-corrected chi connectivity index (χ3v) is 1.46. The van der Waals surface area contributed by atoms with Gasteiger partial charge in [-0.2, -0.15) is 0 Å². The van der Waals surface area contributed by atoms with Gasteiger partial charge in [-0.15, -0.1) is 0 Å². The van der Waals surface area contributed by atoms with Crippen molar-refractivity contribution < 1.29 is 4.74 Å². The number of unbranched alkanes of at least 4 members (excludes halogenated alkanes) is 2. The molecule has 1 unspecified atom stereocenters. The molecule has 0 aliphatic carbocycles. The minimum Gasteiger partial charge on any atom is -0.381 e. The highest BCUT2D eigenvalue weighted by atomic mass is 16.5. The van der Waals surface area contributed by atoms with Crippen molar-refractivity contribution in [2.45, 2.75) is 38.7 Å². The monoisotopic (exact) mass is 129 g/mol. The lowest BCUT2D eigenvalue weighted by Crippen LogP contribution is -2.03. The van der Waals surface area contributed by atoms with Gasteiger partial charge < -0.3 is 4.74 Å². The van der Waals surface area contributed by atoms with Gasteiger partial charge in [0, 0.05) is 7.11 Å². The Morgan fingerprint density at radius 3 is 2.56 bits per heavy atom. The molecule has 1 nitrogen and oxygen atoms in total. The average Bonchev–Trinajstić information content (AvgIpc) is 1.89. The molecule has 1 radical (unpaired) electrons. The average molecular weight is 129 g/mol. The zero-order valence-electron chi connectivity index (χ0n) is 6.52. The van der Waals surface area contributed by atoms with Crippen LogP contribution >= 0.6 is 0 Å². The maximum Gasteiger partial charge on any atom is 0.0572 e. The lowest BCUT2D eigenvalue weighted by atomic mass is 10.1. The maximum absolute atomic E-state index is 4.99. The lowest BCUT2D eigenvalue weighted by Gasteiger charge is -2.06. The van der Waals surface area contributed by atoms with Crippen molar-refractivity contribution in [3.05, 3.63) is 6.92 Å². The van der Waals surface area contributed by atoms with Crippen molar-refractivity contribution in [1.29, 1.82) is 0 Å². The van der Waals surface area contributed by atoms with Crippen LogP contribution in [0.5, 0.6) is 0 Å². The van der Waals surface area contributed by atoms with E-state index in [4.69, 9.17) is 4.74 Å². The summed E-state index contributed by atoms with van der Waals surface area (Å²) in [5, 5.41) is 0. The van der Waals surface area contributed by atoms with Crippen LogP contribution in [0.15, 0.2) is 0 Å². The topological polar surface area (TPSA) is 9.23 Å². The normalized spacial score (nSPS) is 13.7. The zero-order chi connectivity index (χ0) is 7.11. The number of methoxy groups -OCH3 is 1. The molecule has 0 aliphatic heterocycles. The van der Waals surface area contributed by atoms with Gasteiger partial charge in [-0.25, -0.2) is 0 Å². The second-order valence-electron chi connectivity index (χ2n) is 2.35. The molecule has 0 N–H and O–H groups in total. The van der Waals surface area contributed by atoms with E-state index in [0.717, 1.165) is 6.42 Å². The summed E-state index contributed by atoms with van der Waals surface area (Å²) in [5.74, 6) is 0. The highest BCUT2D eigenvalue weighted by molar-refractivity contribution is 4.57. The summed E-state index contributed by atoms with van der Waals surface area (Å²) in [6.07, 6.45) is 5.13. The number of rotatable bonds is 5. The highest BCUT2D eigenvalue weighted by Gasteiger charge is 1.96. The predicted octanol–water partition coefficient (Wildman–Crippen LogP) is 2.42. The molecule has 0 aromatic rings. The third kappa shape index (κ3) is 5.84. The molecular formula is C8H17O. The Labute approximate surface area is 58.4 Å². The fraction of sp³-hybridized carbons (Fsp3) is 0.875. The van der Waals surface area contributed by atoms with E-state index < -0.39 is 0 Å². The smallest absolute Gasteiger partial charge is 0.0572 e. The van der Waals surface area contributed by atoms with Crippen molar-refractivity contribution in [2.75, 3.05) is 7.11 Å². The Hall–Kier alpha value is -0.0400. The molecule has 0 aromatic carbocycles. The van der Waals surface area contributed by atoms with Crippen LogP contribution in [0, 0.1) is 6.92 Å². The van der Waals surface area contributed by atoms with Crippen LogP contribution in [0.2, 0.25) is 0 Å². The molecule has 0 heterocycles. The summed E-state index contributed by atoms with van der Waals surface area (Å²) in [6, 6.07) is 0. The first-order valence-corrected chi connectivity index (χ1v) is 3.67. The Morgan fingerprint density at radius 2 is 2.11 bits per heavy atom. The van der Waals surface area contributed by atoms with E-state index in [0.29, 0.717) is 0 Å². The van der Waals surface area contributed by atoms with Crippen molar-refractivity contribution >= 4 is 0 Å². The van der Waals surface area contributed by atoms with Crippen molar-refractivity contribution in [3.63, 3.8) is 0 Å². The van der Waals surface area contributed by atoms with Crippen LogP contribution in [-0.4, -0.2) is 13.2 Å². The van der Waals surface area contributed by atoms with E-state index in [1.54, 1.807) is 7.11 Å². The Morgan fingerprint density at radius 1 is 1.44 bits per heavy atom. The number of hydrogen-bond donors (Lipinski definition) is 0. The molecule has 0 bridgehead atoms. The van der Waals surface area contributed by atoms with Gasteiger partial charge >= 0.3 is 0 Å². The molecule has 0 aromatic heterocycles. The second-order valence-corrected chi connectivity index (χ2v) is 2.35. The second kappa shape index (κ2) is 6.09. The van der Waals surface area contributed by atoms with Gasteiger partial charge in [0.2, 0.25) is 0 Å². The van der Waals surface area contributed by atoms with Crippen molar-refractivity contribution in [1.82, 2.24) is 0 Å². The van der Waals surface area contributed by atoms with Gasteiger partial charge in [-0.3, -0.25) is 0 Å². The molecule has 55 valence electrons. The van der Waals surface area contributed by atoms with E-state index in [2.05, 4.69) is 13.8 Å². The highest BCUT2D eigenvalue weighted by Crippen LogP contribution is 2.03. The zero-order valence-corrected chi connectivity index (χ0v) is 6.52. The van der Waals surface area contributed by atoms with Gasteiger partial charge in [0.05, 0.1) is 6.10 Å². The van der Waals surface area contributed by atoms with Gasteiger partial charge in [0.15, 0.2) is 0 Å². The van der Waals surface area contributed by atoms with Crippen LogP contribution in [0.25, 0.3) is 0 Å². The summed E-state index contributed by atoms with van der Waals surface area (Å²) in [5.41, 5.74) is 0. The van der Waals surface area contributed by atoms with E-state index in [1.807, 2.05) is 0 Å².